The first-order chi connectivity index (χ1) is 7.68. The van der Waals surface area contributed by atoms with Gasteiger partial charge in [-0.2, -0.15) is 0 Å². The van der Waals surface area contributed by atoms with E-state index in [0.717, 1.165) is 31.6 Å². The van der Waals surface area contributed by atoms with Crippen molar-refractivity contribution in [3.63, 3.8) is 0 Å². The SMILES string of the molecule is CCC(=O)C1(CC(CC)CC)CCCCC1. The van der Waals surface area contributed by atoms with Crippen LogP contribution in [0.4, 0.5) is 0 Å². The number of hydrogen-bond donors (Lipinski definition) is 0. The molecule has 0 radical (unpaired) electrons. The zero-order valence-corrected chi connectivity index (χ0v) is 11.3. The van der Waals surface area contributed by atoms with Crippen LogP contribution in [0.3, 0.4) is 0 Å². The van der Waals surface area contributed by atoms with Crippen LogP contribution in [0.15, 0.2) is 0 Å². The number of carbonyl (C=O) groups is 1. The van der Waals surface area contributed by atoms with Crippen molar-refractivity contribution in [2.45, 2.75) is 78.6 Å². The van der Waals surface area contributed by atoms with Crippen LogP contribution in [-0.4, -0.2) is 5.78 Å². The summed E-state index contributed by atoms with van der Waals surface area (Å²) in [5.41, 5.74) is 0.0731. The van der Waals surface area contributed by atoms with E-state index in [1.54, 1.807) is 0 Å². The first kappa shape index (κ1) is 13.7. The molecular weight excluding hydrogens is 196 g/mol. The molecule has 0 atom stereocenters. The molecule has 1 heteroatoms. The molecule has 0 aromatic heterocycles. The zero-order chi connectivity index (χ0) is 12.0. The molecular formula is C15H28O. The lowest BCUT2D eigenvalue weighted by atomic mass is 9.65. The molecule has 0 spiro atoms. The lowest BCUT2D eigenvalue weighted by Gasteiger charge is -2.38. The van der Waals surface area contributed by atoms with Gasteiger partial charge in [-0.05, 0) is 25.2 Å². The summed E-state index contributed by atoms with van der Waals surface area (Å²) in [4.78, 5) is 12.3. The van der Waals surface area contributed by atoms with E-state index in [-0.39, 0.29) is 5.41 Å². The molecule has 1 nitrogen and oxygen atoms in total. The summed E-state index contributed by atoms with van der Waals surface area (Å²) >= 11 is 0. The zero-order valence-electron chi connectivity index (χ0n) is 11.3. The predicted octanol–water partition coefficient (Wildman–Crippen LogP) is 4.74. The Balaban J connectivity index is 2.73. The van der Waals surface area contributed by atoms with E-state index in [2.05, 4.69) is 13.8 Å². The highest BCUT2D eigenvalue weighted by atomic mass is 16.1. The second-order valence-electron chi connectivity index (χ2n) is 5.50. The maximum absolute atomic E-state index is 12.3. The topological polar surface area (TPSA) is 17.1 Å². The second kappa shape index (κ2) is 6.42. The Morgan fingerprint density at radius 1 is 1.06 bits per heavy atom. The van der Waals surface area contributed by atoms with Gasteiger partial charge in [0.05, 0.1) is 0 Å². The summed E-state index contributed by atoms with van der Waals surface area (Å²) in [6.45, 7) is 6.56. The van der Waals surface area contributed by atoms with Crippen LogP contribution in [0.2, 0.25) is 0 Å². The van der Waals surface area contributed by atoms with Crippen LogP contribution >= 0.6 is 0 Å². The minimum atomic E-state index is 0.0731. The fourth-order valence-corrected chi connectivity index (χ4v) is 3.33. The number of Topliss-reactive ketones (excluding diaryl/α,β-unsaturated/α-hetero) is 1. The summed E-state index contributed by atoms with van der Waals surface area (Å²) in [5, 5.41) is 0. The van der Waals surface area contributed by atoms with E-state index in [4.69, 9.17) is 0 Å². The molecule has 0 saturated heterocycles. The minimum Gasteiger partial charge on any atom is -0.299 e. The average Bonchev–Trinajstić information content (AvgIpc) is 2.36. The highest BCUT2D eigenvalue weighted by molar-refractivity contribution is 5.84. The lowest BCUT2D eigenvalue weighted by molar-refractivity contribution is -0.131. The van der Waals surface area contributed by atoms with Crippen molar-refractivity contribution in [1.29, 1.82) is 0 Å². The number of rotatable bonds is 6. The molecule has 94 valence electrons. The van der Waals surface area contributed by atoms with Crippen molar-refractivity contribution in [1.82, 2.24) is 0 Å². The lowest BCUT2D eigenvalue weighted by Crippen LogP contribution is -2.35. The van der Waals surface area contributed by atoms with Crippen LogP contribution < -0.4 is 0 Å². The molecule has 0 amide bonds. The Morgan fingerprint density at radius 3 is 2.06 bits per heavy atom. The van der Waals surface area contributed by atoms with E-state index >= 15 is 0 Å². The van der Waals surface area contributed by atoms with Gasteiger partial charge in [-0.25, -0.2) is 0 Å². The van der Waals surface area contributed by atoms with Crippen molar-refractivity contribution in [2.24, 2.45) is 11.3 Å². The molecule has 0 heterocycles. The highest BCUT2D eigenvalue weighted by Crippen LogP contribution is 2.44. The van der Waals surface area contributed by atoms with Crippen molar-refractivity contribution in [3.8, 4) is 0 Å². The Bertz CT molecular complexity index is 209. The van der Waals surface area contributed by atoms with Gasteiger partial charge in [0, 0.05) is 11.8 Å². The normalized spacial score (nSPS) is 20.0. The molecule has 0 aromatic carbocycles. The highest BCUT2D eigenvalue weighted by Gasteiger charge is 2.38. The van der Waals surface area contributed by atoms with Crippen LogP contribution in [0.1, 0.15) is 78.6 Å². The number of carbonyl (C=O) groups excluding carboxylic acids is 1. The second-order valence-corrected chi connectivity index (χ2v) is 5.50. The number of hydrogen-bond acceptors (Lipinski definition) is 1. The third kappa shape index (κ3) is 3.09. The fraction of sp³-hybridized carbons (Fsp3) is 0.933. The largest absolute Gasteiger partial charge is 0.299 e. The van der Waals surface area contributed by atoms with Gasteiger partial charge in [0.25, 0.3) is 0 Å². The summed E-state index contributed by atoms with van der Waals surface area (Å²) in [6.07, 6.45) is 10.6. The van der Waals surface area contributed by atoms with E-state index in [9.17, 15) is 4.79 Å². The molecule has 1 saturated carbocycles. The monoisotopic (exact) mass is 224 g/mol. The molecule has 0 aliphatic heterocycles. The van der Waals surface area contributed by atoms with Gasteiger partial charge in [0.2, 0.25) is 0 Å². The van der Waals surface area contributed by atoms with Crippen LogP contribution in [0.25, 0.3) is 0 Å². The molecule has 0 aromatic rings. The first-order valence-corrected chi connectivity index (χ1v) is 7.21. The molecule has 1 aliphatic carbocycles. The van der Waals surface area contributed by atoms with Crippen molar-refractivity contribution >= 4 is 5.78 Å². The Labute approximate surface area is 101 Å². The molecule has 0 N–H and O–H groups in total. The van der Waals surface area contributed by atoms with Gasteiger partial charge in [-0.1, -0.05) is 52.9 Å². The Hall–Kier alpha value is -0.330. The average molecular weight is 224 g/mol. The van der Waals surface area contributed by atoms with Crippen LogP contribution in [0, 0.1) is 11.3 Å². The molecule has 1 aliphatic rings. The quantitative estimate of drug-likeness (QED) is 0.636. The molecule has 0 bridgehead atoms. The van der Waals surface area contributed by atoms with Gasteiger partial charge in [0.1, 0.15) is 5.78 Å². The van der Waals surface area contributed by atoms with Gasteiger partial charge in [-0.3, -0.25) is 4.79 Å². The van der Waals surface area contributed by atoms with Crippen LogP contribution in [0.5, 0.6) is 0 Å². The van der Waals surface area contributed by atoms with Gasteiger partial charge >= 0.3 is 0 Å². The van der Waals surface area contributed by atoms with E-state index in [1.165, 1.54) is 32.1 Å². The third-order valence-corrected chi connectivity index (χ3v) is 4.56. The van der Waals surface area contributed by atoms with E-state index in [0.29, 0.717) is 5.78 Å². The molecule has 1 fully saturated rings. The summed E-state index contributed by atoms with van der Waals surface area (Å²) in [5.74, 6) is 1.30. The summed E-state index contributed by atoms with van der Waals surface area (Å²) in [6, 6.07) is 0. The van der Waals surface area contributed by atoms with E-state index in [1.807, 2.05) is 6.92 Å². The number of ketones is 1. The van der Waals surface area contributed by atoms with Crippen molar-refractivity contribution < 1.29 is 4.79 Å². The first-order valence-electron chi connectivity index (χ1n) is 7.21. The smallest absolute Gasteiger partial charge is 0.138 e. The summed E-state index contributed by atoms with van der Waals surface area (Å²) in [7, 11) is 0. The van der Waals surface area contributed by atoms with Gasteiger partial charge < -0.3 is 0 Å². The standard InChI is InChI=1S/C15H28O/c1-4-13(5-2)12-15(14(16)6-3)10-8-7-9-11-15/h13H,4-12H2,1-3H3. The maximum atomic E-state index is 12.3. The van der Waals surface area contributed by atoms with Crippen LogP contribution in [-0.2, 0) is 4.79 Å². The minimum absolute atomic E-state index is 0.0731. The molecule has 0 unspecified atom stereocenters. The molecule has 16 heavy (non-hydrogen) atoms. The van der Waals surface area contributed by atoms with Crippen molar-refractivity contribution in [2.75, 3.05) is 0 Å². The van der Waals surface area contributed by atoms with E-state index < -0.39 is 0 Å². The molecule has 1 rings (SSSR count). The maximum Gasteiger partial charge on any atom is 0.138 e. The third-order valence-electron chi connectivity index (χ3n) is 4.56. The van der Waals surface area contributed by atoms with Gasteiger partial charge in [-0.15, -0.1) is 0 Å². The Kier molecular flexibility index (Phi) is 5.51. The predicted molar refractivity (Wildman–Crippen MR) is 69.5 cm³/mol. The summed E-state index contributed by atoms with van der Waals surface area (Å²) < 4.78 is 0. The fourth-order valence-electron chi connectivity index (χ4n) is 3.33. The van der Waals surface area contributed by atoms with Gasteiger partial charge in [0.15, 0.2) is 0 Å². The Morgan fingerprint density at radius 2 is 1.62 bits per heavy atom. The van der Waals surface area contributed by atoms with Crippen molar-refractivity contribution in [3.05, 3.63) is 0 Å².